The second kappa shape index (κ2) is 6.17. The fourth-order valence-corrected chi connectivity index (χ4v) is 3.29. The van der Waals surface area contributed by atoms with Crippen molar-refractivity contribution in [2.24, 2.45) is 5.92 Å². The lowest BCUT2D eigenvalue weighted by atomic mass is 10.1. The van der Waals surface area contributed by atoms with Crippen LogP contribution in [-0.4, -0.2) is 30.3 Å². The smallest absolute Gasteiger partial charge is 0.160 e. The second-order valence-corrected chi connectivity index (χ2v) is 5.52. The molecule has 0 spiro atoms. The lowest BCUT2D eigenvalue weighted by molar-refractivity contribution is 0.373. The number of ether oxygens (including phenoxy) is 1. The van der Waals surface area contributed by atoms with Crippen molar-refractivity contribution in [3.8, 4) is 11.5 Å². The average molecular weight is 253 g/mol. The zero-order valence-corrected chi connectivity index (χ0v) is 10.9. The first kappa shape index (κ1) is 12.6. The van der Waals surface area contributed by atoms with Crippen LogP contribution in [0.15, 0.2) is 18.2 Å². The van der Waals surface area contributed by atoms with Crippen molar-refractivity contribution in [3.05, 3.63) is 23.8 Å². The predicted octanol–water partition coefficient (Wildman–Crippen LogP) is 2.24. The number of phenols is 1. The number of hydrogen-bond acceptors (Lipinski definition) is 4. The van der Waals surface area contributed by atoms with Gasteiger partial charge in [0, 0.05) is 6.54 Å². The van der Waals surface area contributed by atoms with Crippen LogP contribution in [0.3, 0.4) is 0 Å². The highest BCUT2D eigenvalue weighted by atomic mass is 32.2. The summed E-state index contributed by atoms with van der Waals surface area (Å²) < 4.78 is 5.01. The van der Waals surface area contributed by atoms with Crippen molar-refractivity contribution >= 4 is 11.8 Å². The van der Waals surface area contributed by atoms with E-state index < -0.39 is 0 Å². The lowest BCUT2D eigenvalue weighted by Crippen LogP contribution is -2.22. The summed E-state index contributed by atoms with van der Waals surface area (Å²) in [6.07, 6.45) is 1.32. The topological polar surface area (TPSA) is 41.5 Å². The third-order valence-corrected chi connectivity index (χ3v) is 4.26. The molecule has 1 aromatic carbocycles. The summed E-state index contributed by atoms with van der Waals surface area (Å²) in [6, 6.07) is 5.54. The zero-order chi connectivity index (χ0) is 12.1. The molecule has 4 heteroatoms. The number of nitrogens with one attached hydrogen (secondary N) is 1. The summed E-state index contributed by atoms with van der Waals surface area (Å²) in [5, 5.41) is 13.1. The largest absolute Gasteiger partial charge is 0.504 e. The maximum absolute atomic E-state index is 9.65. The van der Waals surface area contributed by atoms with Crippen LogP contribution in [0.4, 0.5) is 0 Å². The molecular weight excluding hydrogens is 234 g/mol. The summed E-state index contributed by atoms with van der Waals surface area (Å²) in [5.74, 6) is 4.13. The van der Waals surface area contributed by atoms with Gasteiger partial charge < -0.3 is 15.2 Å². The molecule has 1 saturated heterocycles. The fourth-order valence-electron chi connectivity index (χ4n) is 2.01. The van der Waals surface area contributed by atoms with Gasteiger partial charge in [-0.1, -0.05) is 6.07 Å². The molecule has 1 atom stereocenters. The quantitative estimate of drug-likeness (QED) is 0.844. The van der Waals surface area contributed by atoms with Crippen LogP contribution in [-0.2, 0) is 6.54 Å². The van der Waals surface area contributed by atoms with Gasteiger partial charge in [0.25, 0.3) is 0 Å². The molecule has 0 amide bonds. The predicted molar refractivity (Wildman–Crippen MR) is 71.8 cm³/mol. The zero-order valence-electron chi connectivity index (χ0n) is 10.1. The van der Waals surface area contributed by atoms with Crippen LogP contribution in [0.5, 0.6) is 11.5 Å². The molecule has 0 radical (unpaired) electrons. The first-order valence-electron chi connectivity index (χ1n) is 5.94. The van der Waals surface area contributed by atoms with E-state index in [1.807, 2.05) is 17.8 Å². The standard InChI is InChI=1S/C13H19NO2S/c1-16-13-3-2-10(6-12(13)15)7-14-8-11-4-5-17-9-11/h2-3,6,11,14-15H,4-5,7-9H2,1H3. The molecule has 1 heterocycles. The molecule has 0 saturated carbocycles. The minimum absolute atomic E-state index is 0.211. The Morgan fingerprint density at radius 3 is 3.06 bits per heavy atom. The Kier molecular flexibility index (Phi) is 4.57. The van der Waals surface area contributed by atoms with Gasteiger partial charge in [0.2, 0.25) is 0 Å². The summed E-state index contributed by atoms with van der Waals surface area (Å²) in [5.41, 5.74) is 1.09. The first-order chi connectivity index (χ1) is 8.29. The van der Waals surface area contributed by atoms with Crippen molar-refractivity contribution in [2.75, 3.05) is 25.2 Å². The van der Waals surface area contributed by atoms with Crippen LogP contribution in [0.1, 0.15) is 12.0 Å². The maximum Gasteiger partial charge on any atom is 0.160 e. The van der Waals surface area contributed by atoms with E-state index in [-0.39, 0.29) is 5.75 Å². The molecule has 17 heavy (non-hydrogen) atoms. The normalized spacial score (nSPS) is 19.5. The molecule has 0 bridgehead atoms. The van der Waals surface area contributed by atoms with Gasteiger partial charge in [-0.25, -0.2) is 0 Å². The van der Waals surface area contributed by atoms with Gasteiger partial charge in [-0.05, 0) is 48.1 Å². The van der Waals surface area contributed by atoms with E-state index in [1.165, 1.54) is 17.9 Å². The molecule has 1 aliphatic heterocycles. The van der Waals surface area contributed by atoms with Gasteiger partial charge >= 0.3 is 0 Å². The molecule has 2 N–H and O–H groups in total. The summed E-state index contributed by atoms with van der Waals surface area (Å²) in [6.45, 7) is 1.87. The van der Waals surface area contributed by atoms with E-state index in [4.69, 9.17) is 4.74 Å². The minimum atomic E-state index is 0.211. The minimum Gasteiger partial charge on any atom is -0.504 e. The molecule has 1 aromatic rings. The Morgan fingerprint density at radius 2 is 2.41 bits per heavy atom. The highest BCUT2D eigenvalue weighted by Gasteiger charge is 2.14. The van der Waals surface area contributed by atoms with E-state index >= 15 is 0 Å². The Morgan fingerprint density at radius 1 is 1.53 bits per heavy atom. The van der Waals surface area contributed by atoms with Gasteiger partial charge in [0.15, 0.2) is 11.5 Å². The van der Waals surface area contributed by atoms with E-state index in [9.17, 15) is 5.11 Å². The Hall–Kier alpha value is -0.870. The van der Waals surface area contributed by atoms with Crippen LogP contribution in [0.25, 0.3) is 0 Å². The monoisotopic (exact) mass is 253 g/mol. The molecule has 94 valence electrons. The maximum atomic E-state index is 9.65. The van der Waals surface area contributed by atoms with Crippen molar-refractivity contribution in [2.45, 2.75) is 13.0 Å². The molecule has 1 aliphatic rings. The van der Waals surface area contributed by atoms with Crippen LogP contribution in [0, 0.1) is 5.92 Å². The van der Waals surface area contributed by atoms with Crippen molar-refractivity contribution < 1.29 is 9.84 Å². The fraction of sp³-hybridized carbons (Fsp3) is 0.538. The Balaban J connectivity index is 1.80. The van der Waals surface area contributed by atoms with Gasteiger partial charge in [-0.2, -0.15) is 11.8 Å². The van der Waals surface area contributed by atoms with E-state index in [1.54, 1.807) is 19.2 Å². The van der Waals surface area contributed by atoms with Gasteiger partial charge in [0.1, 0.15) is 0 Å². The number of hydrogen-bond donors (Lipinski definition) is 2. The molecule has 2 rings (SSSR count). The summed E-state index contributed by atoms with van der Waals surface area (Å²) in [7, 11) is 1.56. The summed E-state index contributed by atoms with van der Waals surface area (Å²) >= 11 is 2.04. The molecule has 3 nitrogen and oxygen atoms in total. The first-order valence-corrected chi connectivity index (χ1v) is 7.09. The van der Waals surface area contributed by atoms with E-state index in [0.717, 1.165) is 24.6 Å². The number of rotatable bonds is 5. The molecule has 0 aromatic heterocycles. The van der Waals surface area contributed by atoms with Gasteiger partial charge in [-0.15, -0.1) is 0 Å². The van der Waals surface area contributed by atoms with Crippen LogP contribution >= 0.6 is 11.8 Å². The average Bonchev–Trinajstić information content (AvgIpc) is 2.82. The molecule has 0 aliphatic carbocycles. The van der Waals surface area contributed by atoms with Crippen molar-refractivity contribution in [1.29, 1.82) is 0 Å². The van der Waals surface area contributed by atoms with E-state index in [0.29, 0.717) is 5.75 Å². The van der Waals surface area contributed by atoms with Crippen molar-refractivity contribution in [3.63, 3.8) is 0 Å². The number of phenolic OH excluding ortho intramolecular Hbond substituents is 1. The number of aromatic hydroxyl groups is 1. The van der Waals surface area contributed by atoms with Crippen LogP contribution < -0.4 is 10.1 Å². The molecule has 1 fully saturated rings. The SMILES string of the molecule is COc1ccc(CNCC2CCSC2)cc1O. The van der Waals surface area contributed by atoms with Gasteiger partial charge in [0.05, 0.1) is 7.11 Å². The third-order valence-electron chi connectivity index (χ3n) is 3.03. The Bertz CT molecular complexity index is 364. The third kappa shape index (κ3) is 3.54. The van der Waals surface area contributed by atoms with Gasteiger partial charge in [-0.3, -0.25) is 0 Å². The summed E-state index contributed by atoms with van der Waals surface area (Å²) in [4.78, 5) is 0. The lowest BCUT2D eigenvalue weighted by Gasteiger charge is -2.11. The highest BCUT2D eigenvalue weighted by Crippen LogP contribution is 2.26. The highest BCUT2D eigenvalue weighted by molar-refractivity contribution is 7.99. The van der Waals surface area contributed by atoms with Crippen molar-refractivity contribution in [1.82, 2.24) is 5.32 Å². The number of thioether (sulfide) groups is 1. The molecule has 1 unspecified atom stereocenters. The second-order valence-electron chi connectivity index (χ2n) is 4.37. The van der Waals surface area contributed by atoms with E-state index in [2.05, 4.69) is 5.32 Å². The molecular formula is C13H19NO2S. The number of benzene rings is 1. The van der Waals surface area contributed by atoms with Crippen LogP contribution in [0.2, 0.25) is 0 Å². The Labute approximate surface area is 107 Å². The number of methoxy groups -OCH3 is 1.